The van der Waals surface area contributed by atoms with Crippen molar-refractivity contribution in [2.75, 3.05) is 44.6 Å². The van der Waals surface area contributed by atoms with Gasteiger partial charge in [0.05, 0.1) is 6.10 Å². The third-order valence-corrected chi connectivity index (χ3v) is 8.07. The Balaban J connectivity index is 1.08. The van der Waals surface area contributed by atoms with Crippen LogP contribution in [0.3, 0.4) is 0 Å². The molecule has 1 spiro atoms. The zero-order chi connectivity index (χ0) is 24.4. The number of anilines is 1. The molecule has 3 heterocycles. The summed E-state index contributed by atoms with van der Waals surface area (Å²) in [7, 11) is 0. The van der Waals surface area contributed by atoms with Crippen molar-refractivity contribution < 1.29 is 18.7 Å². The van der Waals surface area contributed by atoms with Crippen molar-refractivity contribution in [3.05, 3.63) is 71.3 Å². The molecule has 1 atom stereocenters. The summed E-state index contributed by atoms with van der Waals surface area (Å²) in [6, 6.07) is 11.8. The Kier molecular flexibility index (Phi) is 6.89. The van der Waals surface area contributed by atoms with Crippen LogP contribution in [0, 0.1) is 17.6 Å². The van der Waals surface area contributed by atoms with Crippen LogP contribution in [0.1, 0.15) is 36.8 Å². The van der Waals surface area contributed by atoms with Crippen LogP contribution in [0.4, 0.5) is 14.5 Å². The van der Waals surface area contributed by atoms with E-state index in [9.17, 15) is 18.7 Å². The number of rotatable bonds is 5. The second kappa shape index (κ2) is 10.1. The lowest BCUT2D eigenvalue weighted by Crippen LogP contribution is -2.48. The lowest BCUT2D eigenvalue weighted by atomic mass is 9.74. The highest BCUT2D eigenvalue weighted by atomic mass is 19.1. The Morgan fingerprint density at radius 2 is 1.77 bits per heavy atom. The highest BCUT2D eigenvalue weighted by molar-refractivity contribution is 5.91. The van der Waals surface area contributed by atoms with Gasteiger partial charge in [-0.15, -0.1) is 0 Å². The number of β-amino-alcohol motifs (C(OH)–C–C–N with tert-alkyl or cyclic N) is 1. The zero-order valence-electron chi connectivity index (χ0n) is 19.9. The minimum absolute atomic E-state index is 0.171. The molecule has 2 N–H and O–H groups in total. The van der Waals surface area contributed by atoms with Crippen LogP contribution >= 0.6 is 0 Å². The van der Waals surface area contributed by atoms with Gasteiger partial charge in [0.1, 0.15) is 11.6 Å². The molecule has 35 heavy (non-hydrogen) atoms. The van der Waals surface area contributed by atoms with Crippen LogP contribution in [-0.4, -0.2) is 66.2 Å². The Bertz CT molecular complexity index is 1070. The second-order valence-corrected chi connectivity index (χ2v) is 10.2. The Labute approximate surface area is 205 Å². The Hall–Kier alpha value is -2.77. The van der Waals surface area contributed by atoms with E-state index in [0.717, 1.165) is 51.4 Å². The van der Waals surface area contributed by atoms with Crippen LogP contribution in [0.5, 0.6) is 0 Å². The van der Waals surface area contributed by atoms with Gasteiger partial charge in [0.2, 0.25) is 5.91 Å². The van der Waals surface area contributed by atoms with E-state index in [1.165, 1.54) is 35.5 Å². The van der Waals surface area contributed by atoms with Gasteiger partial charge in [-0.25, -0.2) is 8.78 Å². The van der Waals surface area contributed by atoms with Gasteiger partial charge in [-0.1, -0.05) is 18.2 Å². The number of fused-ring (bicyclic) bond motifs is 2. The van der Waals surface area contributed by atoms with E-state index in [4.69, 9.17) is 0 Å². The van der Waals surface area contributed by atoms with Crippen molar-refractivity contribution in [1.29, 1.82) is 0 Å². The first-order chi connectivity index (χ1) is 16.9. The molecule has 0 aromatic heterocycles. The smallest absolute Gasteiger partial charge is 0.246 e. The van der Waals surface area contributed by atoms with Gasteiger partial charge in [-0.05, 0) is 80.1 Å². The highest BCUT2D eigenvalue weighted by Crippen LogP contribution is 2.43. The van der Waals surface area contributed by atoms with Gasteiger partial charge >= 0.3 is 0 Å². The van der Waals surface area contributed by atoms with Gasteiger partial charge in [0, 0.05) is 49.4 Å². The summed E-state index contributed by atoms with van der Waals surface area (Å²) in [6.45, 7) is 4.79. The lowest BCUT2D eigenvalue weighted by molar-refractivity contribution is -0.128. The number of carbonyl (C=O) groups excluding carboxylic acids is 1. The van der Waals surface area contributed by atoms with Gasteiger partial charge < -0.3 is 20.2 Å². The Morgan fingerprint density at radius 1 is 1.09 bits per heavy atom. The number of likely N-dealkylation sites (tertiary alicyclic amines) is 2. The first-order valence-electron chi connectivity index (χ1n) is 12.6. The lowest BCUT2D eigenvalue weighted by Gasteiger charge is -2.41. The molecule has 186 valence electrons. The van der Waals surface area contributed by atoms with Crippen molar-refractivity contribution in [3.8, 4) is 0 Å². The fraction of sp³-hybridized carbons (Fsp3) is 0.464. The van der Waals surface area contributed by atoms with E-state index in [1.54, 1.807) is 4.90 Å². The molecule has 2 aromatic rings. The van der Waals surface area contributed by atoms with Crippen molar-refractivity contribution in [3.63, 3.8) is 0 Å². The predicted octanol–water partition coefficient (Wildman–Crippen LogP) is 4.04. The molecule has 2 fully saturated rings. The number of nitrogens with zero attached hydrogens (tertiary/aromatic N) is 2. The fourth-order valence-corrected chi connectivity index (χ4v) is 5.93. The number of nitrogens with one attached hydrogen (secondary N) is 1. The maximum Gasteiger partial charge on any atom is 0.246 e. The quantitative estimate of drug-likeness (QED) is 0.633. The third kappa shape index (κ3) is 5.26. The normalized spacial score (nSPS) is 21.3. The number of aliphatic hydroxyl groups excluding tert-OH is 1. The number of hydrogen-bond acceptors (Lipinski definition) is 4. The summed E-state index contributed by atoms with van der Waals surface area (Å²) in [5.74, 6) is -1.33. The molecule has 0 aliphatic carbocycles. The average Bonchev–Trinajstić information content (AvgIpc) is 3.22. The van der Waals surface area contributed by atoms with Crippen LogP contribution in [0.15, 0.2) is 48.5 Å². The molecule has 0 radical (unpaired) electrons. The molecule has 1 amide bonds. The monoisotopic (exact) mass is 481 g/mol. The summed E-state index contributed by atoms with van der Waals surface area (Å²) in [6.07, 6.45) is 6.10. The first-order valence-corrected chi connectivity index (χ1v) is 12.6. The number of hydrogen-bond donors (Lipinski definition) is 2. The number of halogens is 2. The van der Waals surface area contributed by atoms with E-state index in [0.29, 0.717) is 25.2 Å². The average molecular weight is 482 g/mol. The molecule has 5 rings (SSSR count). The molecular weight excluding hydrogens is 448 g/mol. The molecule has 3 aliphatic rings. The molecule has 7 heteroatoms. The molecular formula is C28H33F2N3O2. The standard InChI is InChI=1S/C28H33F2N3O2/c29-22-15-20(16-23(30)17-22)5-6-27(35)33-11-7-21(8-12-33)26(34)18-32-13-9-28(10-14-32)19-31-25-4-2-1-3-24(25)28/h1-6,15-17,21,26,31,34H,7-14,18-19H2/b6-5+. The van der Waals surface area contributed by atoms with E-state index in [2.05, 4.69) is 34.5 Å². The van der Waals surface area contributed by atoms with E-state index in [1.807, 2.05) is 0 Å². The fourth-order valence-electron chi connectivity index (χ4n) is 5.93. The number of benzene rings is 2. The molecule has 2 saturated heterocycles. The molecule has 5 nitrogen and oxygen atoms in total. The largest absolute Gasteiger partial charge is 0.392 e. The molecule has 0 bridgehead atoms. The van der Waals surface area contributed by atoms with Crippen molar-refractivity contribution in [2.45, 2.75) is 37.2 Å². The van der Waals surface area contributed by atoms with Gasteiger partial charge in [-0.3, -0.25) is 4.79 Å². The molecule has 0 saturated carbocycles. The topological polar surface area (TPSA) is 55.8 Å². The second-order valence-electron chi connectivity index (χ2n) is 10.2. The maximum absolute atomic E-state index is 13.3. The van der Waals surface area contributed by atoms with E-state index < -0.39 is 17.7 Å². The number of piperidine rings is 2. The molecule has 1 unspecified atom stereocenters. The van der Waals surface area contributed by atoms with Crippen molar-refractivity contribution in [1.82, 2.24) is 9.80 Å². The van der Waals surface area contributed by atoms with Crippen LogP contribution < -0.4 is 5.32 Å². The first kappa shape index (κ1) is 23.9. The number of amides is 1. The zero-order valence-corrected chi connectivity index (χ0v) is 19.9. The maximum atomic E-state index is 13.3. The van der Waals surface area contributed by atoms with Crippen LogP contribution in [0.25, 0.3) is 6.08 Å². The summed E-state index contributed by atoms with van der Waals surface area (Å²) >= 11 is 0. The number of carbonyl (C=O) groups is 1. The Morgan fingerprint density at radius 3 is 2.49 bits per heavy atom. The molecule has 2 aromatic carbocycles. The van der Waals surface area contributed by atoms with Gasteiger partial charge in [-0.2, -0.15) is 0 Å². The highest BCUT2D eigenvalue weighted by Gasteiger charge is 2.41. The summed E-state index contributed by atoms with van der Waals surface area (Å²) in [4.78, 5) is 16.6. The van der Waals surface area contributed by atoms with Crippen LogP contribution in [0.2, 0.25) is 0 Å². The third-order valence-electron chi connectivity index (χ3n) is 8.07. The van der Waals surface area contributed by atoms with Crippen molar-refractivity contribution >= 4 is 17.7 Å². The van der Waals surface area contributed by atoms with Gasteiger partial charge in [0.15, 0.2) is 0 Å². The summed E-state index contributed by atoms with van der Waals surface area (Å²) in [5, 5.41) is 14.5. The molecule has 3 aliphatic heterocycles. The minimum Gasteiger partial charge on any atom is -0.392 e. The predicted molar refractivity (Wildman–Crippen MR) is 133 cm³/mol. The number of aliphatic hydroxyl groups is 1. The minimum atomic E-state index is -0.666. The summed E-state index contributed by atoms with van der Waals surface area (Å²) < 4.78 is 26.7. The summed E-state index contributed by atoms with van der Waals surface area (Å²) in [5.41, 5.74) is 3.24. The van der Waals surface area contributed by atoms with Crippen molar-refractivity contribution in [2.24, 2.45) is 5.92 Å². The SMILES string of the molecule is O=C(/C=C/c1cc(F)cc(F)c1)N1CCC(C(O)CN2CCC3(CC2)CNc2ccccc23)CC1. The van der Waals surface area contributed by atoms with E-state index in [-0.39, 0.29) is 17.2 Å². The van der Waals surface area contributed by atoms with Crippen LogP contribution in [-0.2, 0) is 10.2 Å². The van der Waals surface area contributed by atoms with E-state index >= 15 is 0 Å². The number of para-hydroxylation sites is 1. The van der Waals surface area contributed by atoms with Gasteiger partial charge in [0.25, 0.3) is 0 Å².